The molecule has 0 radical (unpaired) electrons. The molecule has 2 aromatic heterocycles. The highest BCUT2D eigenvalue weighted by molar-refractivity contribution is 7.10. The fourth-order valence-corrected chi connectivity index (χ4v) is 3.06. The number of hydrogen-bond donors (Lipinski definition) is 1. The van der Waals surface area contributed by atoms with Gasteiger partial charge >= 0.3 is 0 Å². The molecule has 0 aromatic carbocycles. The smallest absolute Gasteiger partial charge is 0.231 e. The third-order valence-electron chi connectivity index (χ3n) is 3.34. The Morgan fingerprint density at radius 2 is 2.10 bits per heavy atom. The molecule has 1 amide bonds. The summed E-state index contributed by atoms with van der Waals surface area (Å²) in [5.41, 5.74) is 7.99. The Kier molecular flexibility index (Phi) is 3.23. The summed E-state index contributed by atoms with van der Waals surface area (Å²) in [5.74, 6) is 0.284. The standard InChI is InChI=1S/C14H14N4OS/c1-18-13(19)7-11(17-14(18)15)12-6-10(8-20-12)9-2-4-16-5-3-9/h2-6,8,11H,7H2,1H3,(H2,15,17). The quantitative estimate of drug-likeness (QED) is 0.918. The fraction of sp³-hybridized carbons (Fsp3) is 0.214. The summed E-state index contributed by atoms with van der Waals surface area (Å²) < 4.78 is 0. The Labute approximate surface area is 120 Å². The average molecular weight is 286 g/mol. The van der Waals surface area contributed by atoms with E-state index in [0.29, 0.717) is 6.42 Å². The van der Waals surface area contributed by atoms with Gasteiger partial charge in [-0.3, -0.25) is 14.7 Å². The molecule has 3 heterocycles. The second-order valence-electron chi connectivity index (χ2n) is 4.63. The first-order chi connectivity index (χ1) is 9.65. The van der Waals surface area contributed by atoms with E-state index in [-0.39, 0.29) is 17.9 Å². The molecule has 0 spiro atoms. The zero-order valence-corrected chi connectivity index (χ0v) is 11.8. The number of nitrogens with zero attached hydrogens (tertiary/aromatic N) is 3. The molecule has 0 bridgehead atoms. The van der Waals surface area contributed by atoms with Crippen LogP contribution in [0.5, 0.6) is 0 Å². The lowest BCUT2D eigenvalue weighted by atomic mass is 10.1. The number of carbonyl (C=O) groups excluding carboxylic acids is 1. The van der Waals surface area contributed by atoms with Crippen LogP contribution in [0.15, 0.2) is 41.0 Å². The van der Waals surface area contributed by atoms with Crippen LogP contribution < -0.4 is 5.73 Å². The number of aromatic nitrogens is 1. The minimum Gasteiger partial charge on any atom is -0.369 e. The normalized spacial score (nSPS) is 19.1. The van der Waals surface area contributed by atoms with Crippen molar-refractivity contribution in [3.05, 3.63) is 40.8 Å². The van der Waals surface area contributed by atoms with Gasteiger partial charge in [0.2, 0.25) is 5.91 Å². The van der Waals surface area contributed by atoms with Gasteiger partial charge in [0.25, 0.3) is 0 Å². The number of nitrogens with two attached hydrogens (primary N) is 1. The second-order valence-corrected chi connectivity index (χ2v) is 5.58. The van der Waals surface area contributed by atoms with Crippen LogP contribution in [0, 0.1) is 0 Å². The van der Waals surface area contributed by atoms with Crippen LogP contribution in [0.1, 0.15) is 17.3 Å². The van der Waals surface area contributed by atoms with E-state index in [1.807, 2.05) is 12.1 Å². The minimum absolute atomic E-state index is 0.00126. The zero-order chi connectivity index (χ0) is 14.1. The molecule has 0 aliphatic carbocycles. The number of rotatable bonds is 2. The Hall–Kier alpha value is -2.21. The van der Waals surface area contributed by atoms with Crippen molar-refractivity contribution in [2.45, 2.75) is 12.5 Å². The van der Waals surface area contributed by atoms with Crippen LogP contribution in [0.25, 0.3) is 11.1 Å². The Morgan fingerprint density at radius 3 is 2.80 bits per heavy atom. The maximum Gasteiger partial charge on any atom is 0.231 e. The topological polar surface area (TPSA) is 71.6 Å². The summed E-state index contributed by atoms with van der Waals surface area (Å²) in [5, 5.41) is 2.07. The van der Waals surface area contributed by atoms with Gasteiger partial charge in [0.05, 0.1) is 12.5 Å². The van der Waals surface area contributed by atoms with Crippen molar-refractivity contribution < 1.29 is 4.79 Å². The molecule has 0 saturated heterocycles. The lowest BCUT2D eigenvalue weighted by molar-refractivity contribution is -0.127. The molecule has 1 unspecified atom stereocenters. The third kappa shape index (κ3) is 2.30. The largest absolute Gasteiger partial charge is 0.369 e. The van der Waals surface area contributed by atoms with Crippen LogP contribution >= 0.6 is 11.3 Å². The van der Waals surface area contributed by atoms with Crippen LogP contribution in [-0.4, -0.2) is 28.8 Å². The first-order valence-electron chi connectivity index (χ1n) is 6.24. The minimum atomic E-state index is -0.167. The number of guanidine groups is 1. The van der Waals surface area contributed by atoms with Gasteiger partial charge in [-0.25, -0.2) is 4.99 Å². The molecule has 2 N–H and O–H groups in total. The van der Waals surface area contributed by atoms with Gasteiger partial charge in [0.1, 0.15) is 0 Å². The molecule has 5 nitrogen and oxygen atoms in total. The average Bonchev–Trinajstić information content (AvgIpc) is 2.95. The molecular formula is C14H14N4OS. The highest BCUT2D eigenvalue weighted by atomic mass is 32.1. The maximum atomic E-state index is 11.8. The number of aliphatic imine (C=N–C) groups is 1. The number of carbonyl (C=O) groups is 1. The highest BCUT2D eigenvalue weighted by Crippen LogP contribution is 2.34. The van der Waals surface area contributed by atoms with E-state index < -0.39 is 0 Å². The van der Waals surface area contributed by atoms with E-state index in [2.05, 4.69) is 21.4 Å². The van der Waals surface area contributed by atoms with Crippen LogP contribution in [-0.2, 0) is 4.79 Å². The van der Waals surface area contributed by atoms with E-state index in [0.717, 1.165) is 16.0 Å². The molecule has 1 atom stereocenters. The number of hydrogen-bond acceptors (Lipinski definition) is 5. The van der Waals surface area contributed by atoms with Gasteiger partial charge in [-0.05, 0) is 34.7 Å². The molecule has 102 valence electrons. The van der Waals surface area contributed by atoms with Gasteiger partial charge in [-0.2, -0.15) is 0 Å². The van der Waals surface area contributed by atoms with E-state index >= 15 is 0 Å². The van der Waals surface area contributed by atoms with Gasteiger partial charge in [0.15, 0.2) is 5.96 Å². The molecule has 3 rings (SSSR count). The first kappa shape index (κ1) is 12.8. The van der Waals surface area contributed by atoms with Crippen LogP contribution in [0.4, 0.5) is 0 Å². The van der Waals surface area contributed by atoms with Crippen molar-refractivity contribution in [3.8, 4) is 11.1 Å². The summed E-state index contributed by atoms with van der Waals surface area (Å²) in [6, 6.07) is 5.83. The Balaban J connectivity index is 1.90. The van der Waals surface area contributed by atoms with Gasteiger partial charge in [0, 0.05) is 24.3 Å². The fourth-order valence-electron chi connectivity index (χ4n) is 2.11. The number of thiophene rings is 1. The van der Waals surface area contributed by atoms with Crippen molar-refractivity contribution in [3.63, 3.8) is 0 Å². The highest BCUT2D eigenvalue weighted by Gasteiger charge is 2.26. The summed E-state index contributed by atoms with van der Waals surface area (Å²) in [6.07, 6.45) is 3.90. The monoisotopic (exact) mass is 286 g/mol. The molecule has 0 fully saturated rings. The van der Waals surface area contributed by atoms with Gasteiger partial charge in [-0.1, -0.05) is 0 Å². The van der Waals surface area contributed by atoms with Gasteiger partial charge in [-0.15, -0.1) is 11.3 Å². The SMILES string of the molecule is CN1C(=O)CC(c2cc(-c3ccncc3)cs2)N=C1N. The Morgan fingerprint density at radius 1 is 1.35 bits per heavy atom. The molecule has 2 aromatic rings. The first-order valence-corrected chi connectivity index (χ1v) is 7.12. The lowest BCUT2D eigenvalue weighted by Crippen LogP contribution is -2.42. The van der Waals surface area contributed by atoms with Crippen molar-refractivity contribution in [2.75, 3.05) is 7.05 Å². The lowest BCUT2D eigenvalue weighted by Gasteiger charge is -2.24. The summed E-state index contributed by atoms with van der Waals surface area (Å²) >= 11 is 1.60. The third-order valence-corrected chi connectivity index (χ3v) is 4.37. The van der Waals surface area contributed by atoms with Crippen LogP contribution in [0.2, 0.25) is 0 Å². The number of amides is 1. The summed E-state index contributed by atoms with van der Waals surface area (Å²) in [6.45, 7) is 0. The van der Waals surface area contributed by atoms with Crippen molar-refractivity contribution in [1.82, 2.24) is 9.88 Å². The van der Waals surface area contributed by atoms with Crippen molar-refractivity contribution in [2.24, 2.45) is 10.7 Å². The van der Waals surface area contributed by atoms with E-state index in [1.54, 1.807) is 30.8 Å². The Bertz CT molecular complexity index is 665. The molecule has 6 heteroatoms. The predicted octanol–water partition coefficient (Wildman–Crippen LogP) is 2.03. The molecule has 0 saturated carbocycles. The summed E-state index contributed by atoms with van der Waals surface area (Å²) in [7, 11) is 1.65. The summed E-state index contributed by atoms with van der Waals surface area (Å²) in [4.78, 5) is 22.7. The van der Waals surface area contributed by atoms with Crippen molar-refractivity contribution >= 4 is 23.2 Å². The number of pyridine rings is 1. The van der Waals surface area contributed by atoms with Crippen LogP contribution in [0.3, 0.4) is 0 Å². The molecule has 20 heavy (non-hydrogen) atoms. The molecule has 1 aliphatic rings. The zero-order valence-electron chi connectivity index (χ0n) is 11.0. The van der Waals surface area contributed by atoms with E-state index in [4.69, 9.17) is 5.73 Å². The second kappa shape index (κ2) is 5.05. The molecule has 1 aliphatic heterocycles. The van der Waals surface area contributed by atoms with Gasteiger partial charge < -0.3 is 5.73 Å². The van der Waals surface area contributed by atoms with E-state index in [9.17, 15) is 4.79 Å². The molecular weight excluding hydrogens is 272 g/mol. The maximum absolute atomic E-state index is 11.8. The predicted molar refractivity (Wildman–Crippen MR) is 79.3 cm³/mol. The van der Waals surface area contributed by atoms with Crippen molar-refractivity contribution in [1.29, 1.82) is 0 Å². The van der Waals surface area contributed by atoms with E-state index in [1.165, 1.54) is 4.90 Å².